The van der Waals surface area contributed by atoms with Crippen LogP contribution in [0.1, 0.15) is 38.7 Å². The summed E-state index contributed by atoms with van der Waals surface area (Å²) in [6.07, 6.45) is 2.32. The Labute approximate surface area is 124 Å². The Morgan fingerprint density at radius 3 is 2.58 bits per heavy atom. The fourth-order valence-electron chi connectivity index (χ4n) is 2.00. The topological polar surface area (TPSA) is 55.1 Å². The Hall–Kier alpha value is -0.870. The maximum Gasteiger partial charge on any atom is 0.224 e. The van der Waals surface area contributed by atoms with Gasteiger partial charge < -0.3 is 11.1 Å². The quantitative estimate of drug-likeness (QED) is 0.834. The maximum absolute atomic E-state index is 11.9. The summed E-state index contributed by atoms with van der Waals surface area (Å²) in [5, 5.41) is 2.94. The van der Waals surface area contributed by atoms with Crippen molar-refractivity contribution in [3.63, 3.8) is 0 Å². The monoisotopic (exact) mass is 326 g/mol. The summed E-state index contributed by atoms with van der Waals surface area (Å²) in [4.78, 5) is 11.9. The van der Waals surface area contributed by atoms with Crippen LogP contribution in [0.3, 0.4) is 0 Å². The molecular formula is C15H23BrN2O. The first-order valence-electron chi connectivity index (χ1n) is 6.59. The summed E-state index contributed by atoms with van der Waals surface area (Å²) in [7, 11) is 0. The molecule has 0 fully saturated rings. The number of carbonyl (C=O) groups excluding carboxylic acids is 1. The fourth-order valence-corrected chi connectivity index (χ4v) is 2.61. The average molecular weight is 327 g/mol. The van der Waals surface area contributed by atoms with Crippen LogP contribution in [0.15, 0.2) is 22.7 Å². The molecule has 0 unspecified atom stereocenters. The lowest BCUT2D eigenvalue weighted by Crippen LogP contribution is -2.20. The molecule has 0 spiro atoms. The first-order valence-corrected chi connectivity index (χ1v) is 7.39. The van der Waals surface area contributed by atoms with Crippen LogP contribution in [-0.2, 0) is 4.79 Å². The van der Waals surface area contributed by atoms with Crippen LogP contribution in [0.5, 0.6) is 0 Å². The highest BCUT2D eigenvalue weighted by Crippen LogP contribution is 2.26. The van der Waals surface area contributed by atoms with Crippen LogP contribution in [0.2, 0.25) is 0 Å². The summed E-state index contributed by atoms with van der Waals surface area (Å²) < 4.78 is 0.978. The molecule has 19 heavy (non-hydrogen) atoms. The van der Waals surface area contributed by atoms with Gasteiger partial charge in [-0.05, 0) is 55.5 Å². The molecule has 0 atom stereocenters. The molecule has 106 valence electrons. The highest BCUT2D eigenvalue weighted by Gasteiger charge is 2.18. The van der Waals surface area contributed by atoms with E-state index in [9.17, 15) is 4.79 Å². The van der Waals surface area contributed by atoms with Gasteiger partial charge >= 0.3 is 0 Å². The molecule has 1 aromatic rings. The molecular weight excluding hydrogens is 304 g/mol. The van der Waals surface area contributed by atoms with Crippen molar-refractivity contribution >= 4 is 27.5 Å². The number of nitrogens with one attached hydrogen (secondary N) is 1. The number of carbonyl (C=O) groups is 1. The minimum atomic E-state index is 0.0580. The molecule has 1 rings (SSSR count). The van der Waals surface area contributed by atoms with Crippen LogP contribution in [-0.4, -0.2) is 12.5 Å². The third kappa shape index (κ3) is 6.21. The molecule has 0 bridgehead atoms. The van der Waals surface area contributed by atoms with Crippen molar-refractivity contribution in [3.05, 3.63) is 28.2 Å². The van der Waals surface area contributed by atoms with E-state index in [2.05, 4.69) is 35.1 Å². The molecule has 4 heteroatoms. The Morgan fingerprint density at radius 1 is 1.32 bits per heavy atom. The average Bonchev–Trinajstić information content (AvgIpc) is 2.25. The molecule has 0 saturated heterocycles. The van der Waals surface area contributed by atoms with Crippen LogP contribution in [0, 0.1) is 12.3 Å². The van der Waals surface area contributed by atoms with E-state index in [1.165, 1.54) is 0 Å². The van der Waals surface area contributed by atoms with E-state index < -0.39 is 0 Å². The first-order chi connectivity index (χ1) is 8.82. The lowest BCUT2D eigenvalue weighted by molar-refractivity contribution is -0.116. The van der Waals surface area contributed by atoms with Crippen molar-refractivity contribution in [2.75, 3.05) is 11.9 Å². The number of benzene rings is 1. The number of halogens is 1. The highest BCUT2D eigenvalue weighted by molar-refractivity contribution is 9.10. The molecule has 0 aliphatic rings. The minimum absolute atomic E-state index is 0.0580. The van der Waals surface area contributed by atoms with E-state index in [1.54, 1.807) is 0 Å². The molecule has 0 aromatic heterocycles. The van der Waals surface area contributed by atoms with Gasteiger partial charge in [0.15, 0.2) is 0 Å². The second kappa shape index (κ2) is 7.06. The normalized spacial score (nSPS) is 11.4. The van der Waals surface area contributed by atoms with Crippen molar-refractivity contribution in [1.29, 1.82) is 0 Å². The van der Waals surface area contributed by atoms with Gasteiger partial charge in [-0.2, -0.15) is 0 Å². The highest BCUT2D eigenvalue weighted by atomic mass is 79.9. The van der Waals surface area contributed by atoms with Gasteiger partial charge in [0.05, 0.1) is 0 Å². The summed E-state index contributed by atoms with van der Waals surface area (Å²) in [6.45, 7) is 6.97. The lowest BCUT2D eigenvalue weighted by Gasteiger charge is -2.23. The third-order valence-corrected chi connectivity index (χ3v) is 3.63. The van der Waals surface area contributed by atoms with Gasteiger partial charge in [0.25, 0.3) is 0 Å². The zero-order valence-electron chi connectivity index (χ0n) is 11.9. The number of hydrogen-bond donors (Lipinski definition) is 2. The van der Waals surface area contributed by atoms with E-state index in [4.69, 9.17) is 5.73 Å². The maximum atomic E-state index is 11.9. The van der Waals surface area contributed by atoms with Gasteiger partial charge in [0.1, 0.15) is 0 Å². The molecule has 0 radical (unpaired) electrons. The second-order valence-corrected chi connectivity index (χ2v) is 6.68. The minimum Gasteiger partial charge on any atom is -0.330 e. The predicted molar refractivity (Wildman–Crippen MR) is 84.2 cm³/mol. The Kier molecular flexibility index (Phi) is 6.01. The van der Waals surface area contributed by atoms with E-state index in [0.29, 0.717) is 13.0 Å². The first kappa shape index (κ1) is 16.2. The number of rotatable bonds is 6. The van der Waals surface area contributed by atoms with Gasteiger partial charge in [-0.3, -0.25) is 4.79 Å². The van der Waals surface area contributed by atoms with Crippen molar-refractivity contribution in [3.8, 4) is 0 Å². The zero-order valence-corrected chi connectivity index (χ0v) is 13.5. The predicted octanol–water partition coefficient (Wildman–Crippen LogP) is 3.85. The van der Waals surface area contributed by atoms with Crippen LogP contribution >= 0.6 is 15.9 Å². The van der Waals surface area contributed by atoms with Crippen molar-refractivity contribution in [1.82, 2.24) is 0 Å². The fraction of sp³-hybridized carbons (Fsp3) is 0.533. The molecule has 0 saturated carbocycles. The van der Waals surface area contributed by atoms with Gasteiger partial charge in [-0.25, -0.2) is 0 Å². The van der Waals surface area contributed by atoms with Crippen LogP contribution < -0.4 is 11.1 Å². The molecule has 0 heterocycles. The van der Waals surface area contributed by atoms with Crippen molar-refractivity contribution < 1.29 is 4.79 Å². The molecule has 0 aliphatic heterocycles. The van der Waals surface area contributed by atoms with E-state index >= 15 is 0 Å². The lowest BCUT2D eigenvalue weighted by atomic mass is 9.84. The second-order valence-electron chi connectivity index (χ2n) is 5.77. The van der Waals surface area contributed by atoms with Crippen molar-refractivity contribution in [2.45, 2.75) is 40.0 Å². The van der Waals surface area contributed by atoms with Crippen LogP contribution in [0.4, 0.5) is 5.69 Å². The zero-order chi connectivity index (χ0) is 14.5. The molecule has 0 aliphatic carbocycles. The third-order valence-electron chi connectivity index (χ3n) is 3.18. The Balaban J connectivity index is 2.51. The summed E-state index contributed by atoms with van der Waals surface area (Å²) in [5.41, 5.74) is 7.66. The molecule has 1 amide bonds. The van der Waals surface area contributed by atoms with E-state index in [0.717, 1.165) is 28.6 Å². The summed E-state index contributed by atoms with van der Waals surface area (Å²) >= 11 is 3.43. The van der Waals surface area contributed by atoms with Gasteiger partial charge in [0, 0.05) is 16.6 Å². The van der Waals surface area contributed by atoms with Crippen molar-refractivity contribution in [2.24, 2.45) is 11.1 Å². The number of nitrogens with two attached hydrogens (primary N) is 1. The van der Waals surface area contributed by atoms with E-state index in [-0.39, 0.29) is 11.3 Å². The standard InChI is InChI=1S/C15H23BrN2O/c1-11-8-12(16)10-13(9-11)18-14(19)4-5-15(2,3)6-7-17/h8-10H,4-7,17H2,1-3H3,(H,18,19). The number of hydrogen-bond acceptors (Lipinski definition) is 2. The number of aryl methyl sites for hydroxylation is 1. The van der Waals surface area contributed by atoms with E-state index in [1.807, 2.05) is 25.1 Å². The Bertz CT molecular complexity index is 424. The summed E-state index contributed by atoms with van der Waals surface area (Å²) in [6, 6.07) is 5.89. The van der Waals surface area contributed by atoms with Gasteiger partial charge in [-0.1, -0.05) is 29.8 Å². The SMILES string of the molecule is Cc1cc(Br)cc(NC(=O)CCC(C)(C)CCN)c1. The molecule has 1 aromatic carbocycles. The van der Waals surface area contributed by atoms with Gasteiger partial charge in [-0.15, -0.1) is 0 Å². The molecule has 3 N–H and O–H groups in total. The van der Waals surface area contributed by atoms with Gasteiger partial charge in [0.2, 0.25) is 5.91 Å². The smallest absolute Gasteiger partial charge is 0.224 e. The number of anilines is 1. The van der Waals surface area contributed by atoms with Crippen LogP contribution in [0.25, 0.3) is 0 Å². The largest absolute Gasteiger partial charge is 0.330 e. The molecule has 3 nitrogen and oxygen atoms in total. The Morgan fingerprint density at radius 2 is 2.00 bits per heavy atom. The number of amides is 1. The summed E-state index contributed by atoms with van der Waals surface area (Å²) in [5.74, 6) is 0.0580.